The van der Waals surface area contributed by atoms with Gasteiger partial charge in [0.2, 0.25) is 5.91 Å². The number of aromatic nitrogens is 2. The largest absolute Gasteiger partial charge is 0.351 e. The predicted molar refractivity (Wildman–Crippen MR) is 132 cm³/mol. The fourth-order valence-corrected chi connectivity index (χ4v) is 5.67. The van der Waals surface area contributed by atoms with Crippen LogP contribution in [-0.4, -0.2) is 33.2 Å². The number of hydrogen-bond donors (Lipinski definition) is 1. The van der Waals surface area contributed by atoms with Crippen LogP contribution < -0.4 is 10.2 Å². The highest BCUT2D eigenvalue weighted by Crippen LogP contribution is 2.35. The molecule has 0 radical (unpaired) electrons. The molecule has 7 heteroatoms. The maximum absolute atomic E-state index is 13.8. The second kappa shape index (κ2) is 8.78. The van der Waals surface area contributed by atoms with Crippen LogP contribution in [0.4, 0.5) is 5.69 Å². The Hall–Kier alpha value is -2.93. The summed E-state index contributed by atoms with van der Waals surface area (Å²) in [6.45, 7) is 4.19. The van der Waals surface area contributed by atoms with Gasteiger partial charge in [0.15, 0.2) is 0 Å². The normalized spacial score (nSPS) is 21.5. The van der Waals surface area contributed by atoms with E-state index >= 15 is 0 Å². The zero-order valence-corrected chi connectivity index (χ0v) is 20.0. The molecule has 0 bridgehead atoms. The average molecular weight is 463 g/mol. The van der Waals surface area contributed by atoms with Gasteiger partial charge in [-0.3, -0.25) is 19.2 Å². The molecule has 3 aromatic rings. The van der Waals surface area contributed by atoms with Crippen LogP contribution in [0.2, 0.25) is 0 Å². The van der Waals surface area contributed by atoms with Crippen LogP contribution in [0.1, 0.15) is 61.5 Å². The van der Waals surface area contributed by atoms with Gasteiger partial charge in [-0.25, -0.2) is 0 Å². The number of rotatable bonds is 4. The molecule has 1 fully saturated rings. The lowest BCUT2D eigenvalue weighted by atomic mass is 9.93. The molecule has 2 aliphatic rings. The maximum atomic E-state index is 13.8. The molecule has 6 nitrogen and oxygen atoms in total. The highest BCUT2D eigenvalue weighted by Gasteiger charge is 2.49. The number of hydrogen-bond acceptors (Lipinski definition) is 4. The van der Waals surface area contributed by atoms with Crippen molar-refractivity contribution in [1.82, 2.24) is 15.1 Å². The quantitative estimate of drug-likeness (QED) is 0.544. The Balaban J connectivity index is 1.54. The minimum absolute atomic E-state index is 0.109. The first-order valence-electron chi connectivity index (χ1n) is 11.8. The van der Waals surface area contributed by atoms with Gasteiger partial charge in [-0.1, -0.05) is 49.4 Å². The van der Waals surface area contributed by atoms with Crippen LogP contribution in [-0.2, 0) is 11.3 Å². The molecule has 0 saturated heterocycles. The van der Waals surface area contributed by atoms with Gasteiger partial charge in [0.05, 0.1) is 11.4 Å². The van der Waals surface area contributed by atoms with Gasteiger partial charge in [-0.2, -0.15) is 5.10 Å². The molecule has 1 aliphatic heterocycles. The molecule has 2 amide bonds. The van der Waals surface area contributed by atoms with Gasteiger partial charge in [0, 0.05) is 11.7 Å². The Morgan fingerprint density at radius 1 is 1.12 bits per heavy atom. The third-order valence-electron chi connectivity index (χ3n) is 6.90. The summed E-state index contributed by atoms with van der Waals surface area (Å²) in [6, 6.07) is 13.8. The maximum Gasteiger partial charge on any atom is 0.277 e. The first-order valence-corrected chi connectivity index (χ1v) is 12.7. The first-order chi connectivity index (χ1) is 16.0. The van der Waals surface area contributed by atoms with Crippen molar-refractivity contribution in [3.05, 3.63) is 59.1 Å². The number of amides is 2. The van der Waals surface area contributed by atoms with Crippen molar-refractivity contribution >= 4 is 28.8 Å². The first kappa shape index (κ1) is 21.9. The summed E-state index contributed by atoms with van der Waals surface area (Å²) in [7, 11) is 0. The van der Waals surface area contributed by atoms with Crippen LogP contribution >= 0.6 is 11.3 Å². The van der Waals surface area contributed by atoms with Crippen LogP contribution in [0.25, 0.3) is 10.6 Å². The molecule has 1 atom stereocenters. The molecule has 3 heterocycles. The monoisotopic (exact) mass is 462 g/mol. The van der Waals surface area contributed by atoms with Crippen LogP contribution in [0.3, 0.4) is 0 Å². The summed E-state index contributed by atoms with van der Waals surface area (Å²) < 4.78 is 1.72. The fraction of sp³-hybridized carbons (Fsp3) is 0.423. The topological polar surface area (TPSA) is 67.2 Å². The van der Waals surface area contributed by atoms with E-state index in [0.717, 1.165) is 47.5 Å². The molecule has 1 N–H and O–H groups in total. The lowest BCUT2D eigenvalue weighted by Crippen LogP contribution is -2.65. The summed E-state index contributed by atoms with van der Waals surface area (Å²) in [5, 5.41) is 10.0. The number of carbonyl (C=O) groups excluding carboxylic acids is 2. The van der Waals surface area contributed by atoms with Crippen molar-refractivity contribution in [2.75, 3.05) is 4.90 Å². The van der Waals surface area contributed by atoms with E-state index in [1.165, 1.54) is 12.8 Å². The molecule has 33 heavy (non-hydrogen) atoms. The molecule has 1 aliphatic carbocycles. The van der Waals surface area contributed by atoms with E-state index in [0.29, 0.717) is 12.2 Å². The molecule has 0 spiro atoms. The minimum atomic E-state index is -1.08. The predicted octanol–water partition coefficient (Wildman–Crippen LogP) is 5.18. The van der Waals surface area contributed by atoms with E-state index in [4.69, 9.17) is 5.10 Å². The summed E-state index contributed by atoms with van der Waals surface area (Å²) in [4.78, 5) is 30.3. The lowest BCUT2D eigenvalue weighted by Gasteiger charge is -2.43. The fourth-order valence-electron chi connectivity index (χ4n) is 4.99. The van der Waals surface area contributed by atoms with Gasteiger partial charge in [-0.15, -0.1) is 11.3 Å². The van der Waals surface area contributed by atoms with Gasteiger partial charge < -0.3 is 5.32 Å². The number of thiophene rings is 1. The van der Waals surface area contributed by atoms with Gasteiger partial charge in [0.25, 0.3) is 5.91 Å². The number of aryl methyl sites for hydroxylation is 1. The smallest absolute Gasteiger partial charge is 0.277 e. The highest BCUT2D eigenvalue weighted by atomic mass is 32.1. The summed E-state index contributed by atoms with van der Waals surface area (Å²) in [6.07, 6.45) is 6.71. The van der Waals surface area contributed by atoms with Crippen molar-refractivity contribution in [3.63, 3.8) is 0 Å². The van der Waals surface area contributed by atoms with Crippen LogP contribution in [0.5, 0.6) is 0 Å². The minimum Gasteiger partial charge on any atom is -0.351 e. The number of nitrogens with zero attached hydrogens (tertiary/aromatic N) is 3. The van der Waals surface area contributed by atoms with Gasteiger partial charge >= 0.3 is 0 Å². The van der Waals surface area contributed by atoms with Gasteiger partial charge in [0.1, 0.15) is 16.9 Å². The van der Waals surface area contributed by atoms with Crippen LogP contribution in [0, 0.1) is 6.92 Å². The molecule has 5 rings (SSSR count). The van der Waals surface area contributed by atoms with Crippen molar-refractivity contribution < 1.29 is 9.59 Å². The molecule has 1 saturated carbocycles. The second-order valence-corrected chi connectivity index (χ2v) is 10.4. The average Bonchev–Trinajstić information content (AvgIpc) is 3.40. The number of nitrogens with one attached hydrogen (secondary N) is 1. The number of carbonyl (C=O) groups is 2. The van der Waals surface area contributed by atoms with Crippen LogP contribution in [0.15, 0.2) is 47.8 Å². The number of anilines is 1. The van der Waals surface area contributed by atoms with E-state index < -0.39 is 5.54 Å². The zero-order chi connectivity index (χ0) is 23.0. The molecular formula is C26H30N4O2S. The van der Waals surface area contributed by atoms with E-state index in [-0.39, 0.29) is 17.9 Å². The zero-order valence-electron chi connectivity index (χ0n) is 19.2. The third kappa shape index (κ3) is 4.10. The van der Waals surface area contributed by atoms with Gasteiger partial charge in [-0.05, 0) is 56.3 Å². The van der Waals surface area contributed by atoms with Crippen molar-refractivity contribution in [1.29, 1.82) is 0 Å². The SMILES string of the molecule is Cc1ccc(N2C(=O)c3cc(-c4cccs4)nn3CC2(C)C(=O)NC2CCCCCC2)cc1. The lowest BCUT2D eigenvalue weighted by molar-refractivity contribution is -0.127. The van der Waals surface area contributed by atoms with Crippen molar-refractivity contribution in [3.8, 4) is 10.6 Å². The summed E-state index contributed by atoms with van der Waals surface area (Å²) in [5.74, 6) is -0.305. The van der Waals surface area contributed by atoms with E-state index in [9.17, 15) is 9.59 Å². The molecular weight excluding hydrogens is 432 g/mol. The Labute approximate surface area is 198 Å². The van der Waals surface area contributed by atoms with E-state index in [1.54, 1.807) is 20.9 Å². The van der Waals surface area contributed by atoms with E-state index in [2.05, 4.69) is 5.32 Å². The molecule has 2 aromatic heterocycles. The number of benzene rings is 1. The van der Waals surface area contributed by atoms with Crippen molar-refractivity contribution in [2.45, 2.75) is 70.5 Å². The Morgan fingerprint density at radius 3 is 2.52 bits per heavy atom. The third-order valence-corrected chi connectivity index (χ3v) is 7.79. The summed E-state index contributed by atoms with van der Waals surface area (Å²) in [5.41, 5.74) is 2.04. The molecule has 1 aromatic carbocycles. The Morgan fingerprint density at radius 2 is 1.85 bits per heavy atom. The number of fused-ring (bicyclic) bond motifs is 1. The molecule has 1 unspecified atom stereocenters. The Bertz CT molecular complexity index is 1140. The molecule has 172 valence electrons. The Kier molecular flexibility index (Phi) is 5.83. The van der Waals surface area contributed by atoms with E-state index in [1.807, 2.05) is 61.7 Å². The van der Waals surface area contributed by atoms with Crippen molar-refractivity contribution in [2.24, 2.45) is 0 Å². The highest BCUT2D eigenvalue weighted by molar-refractivity contribution is 7.13. The standard InChI is InChI=1S/C26H30N4O2S/c1-18-11-13-20(14-12-18)30-24(31)22-16-21(23-10-7-15-33-23)28-29(22)17-26(30,2)25(32)27-19-8-5-3-4-6-9-19/h7,10-16,19H,3-6,8-9,17H2,1-2H3,(H,27,32). The second-order valence-electron chi connectivity index (χ2n) is 9.46. The summed E-state index contributed by atoms with van der Waals surface area (Å²) >= 11 is 1.59.